The molecule has 0 unspecified atom stereocenters. The second-order valence-electron chi connectivity index (χ2n) is 4.53. The molecule has 0 radical (unpaired) electrons. The summed E-state index contributed by atoms with van der Waals surface area (Å²) in [6.07, 6.45) is 0. The van der Waals surface area contributed by atoms with Crippen molar-refractivity contribution in [2.24, 2.45) is 0 Å². The van der Waals surface area contributed by atoms with Gasteiger partial charge in [0.2, 0.25) is 0 Å². The summed E-state index contributed by atoms with van der Waals surface area (Å²) in [5.74, 6) is 1.79. The standard InChI is InChI=1S/C17H18O5/c1-11(18)22-15-8-6-13(10-17(15)21-4)12-5-7-14(19-2)16(9-12)20-3/h5-10H,1-4H3. The number of ether oxygens (including phenoxy) is 4. The summed E-state index contributed by atoms with van der Waals surface area (Å²) in [4.78, 5) is 11.1. The van der Waals surface area contributed by atoms with Gasteiger partial charge in [-0.3, -0.25) is 4.79 Å². The minimum absolute atomic E-state index is 0.388. The van der Waals surface area contributed by atoms with Crippen LogP contribution in [0.3, 0.4) is 0 Å². The minimum Gasteiger partial charge on any atom is -0.493 e. The molecule has 0 aromatic heterocycles. The lowest BCUT2D eigenvalue weighted by Gasteiger charge is -2.12. The van der Waals surface area contributed by atoms with Crippen molar-refractivity contribution in [3.05, 3.63) is 36.4 Å². The number of carbonyl (C=O) groups excluding carboxylic acids is 1. The van der Waals surface area contributed by atoms with Gasteiger partial charge in [0.25, 0.3) is 0 Å². The molecule has 22 heavy (non-hydrogen) atoms. The molecule has 5 nitrogen and oxygen atoms in total. The van der Waals surface area contributed by atoms with E-state index < -0.39 is 5.97 Å². The minimum atomic E-state index is -0.392. The predicted molar refractivity (Wildman–Crippen MR) is 82.8 cm³/mol. The highest BCUT2D eigenvalue weighted by molar-refractivity contribution is 5.73. The Labute approximate surface area is 129 Å². The van der Waals surface area contributed by atoms with Gasteiger partial charge in [0.15, 0.2) is 23.0 Å². The van der Waals surface area contributed by atoms with E-state index in [0.717, 1.165) is 11.1 Å². The highest BCUT2D eigenvalue weighted by Crippen LogP contribution is 2.36. The van der Waals surface area contributed by atoms with Gasteiger partial charge >= 0.3 is 5.97 Å². The van der Waals surface area contributed by atoms with Crippen molar-refractivity contribution < 1.29 is 23.7 Å². The van der Waals surface area contributed by atoms with Crippen LogP contribution in [0.2, 0.25) is 0 Å². The zero-order valence-corrected chi connectivity index (χ0v) is 13.0. The van der Waals surface area contributed by atoms with Gasteiger partial charge in [-0.15, -0.1) is 0 Å². The molecule has 0 aliphatic rings. The van der Waals surface area contributed by atoms with Crippen molar-refractivity contribution >= 4 is 5.97 Å². The van der Waals surface area contributed by atoms with Gasteiger partial charge in [-0.05, 0) is 35.4 Å². The van der Waals surface area contributed by atoms with Gasteiger partial charge in [0.1, 0.15) is 0 Å². The summed E-state index contributed by atoms with van der Waals surface area (Å²) < 4.78 is 20.9. The van der Waals surface area contributed by atoms with E-state index in [1.54, 1.807) is 26.4 Å². The molecular formula is C17H18O5. The van der Waals surface area contributed by atoms with Crippen molar-refractivity contribution in [2.45, 2.75) is 6.92 Å². The molecule has 0 spiro atoms. The second kappa shape index (κ2) is 6.85. The van der Waals surface area contributed by atoms with E-state index in [1.807, 2.05) is 24.3 Å². The molecule has 0 amide bonds. The Morgan fingerprint density at radius 2 is 1.18 bits per heavy atom. The average Bonchev–Trinajstić information content (AvgIpc) is 2.54. The smallest absolute Gasteiger partial charge is 0.308 e. The fourth-order valence-corrected chi connectivity index (χ4v) is 2.10. The van der Waals surface area contributed by atoms with E-state index in [9.17, 15) is 4.79 Å². The van der Waals surface area contributed by atoms with Crippen LogP contribution in [-0.4, -0.2) is 27.3 Å². The monoisotopic (exact) mass is 302 g/mol. The summed E-state index contributed by atoms with van der Waals surface area (Å²) in [6, 6.07) is 11.0. The van der Waals surface area contributed by atoms with Crippen molar-refractivity contribution in [3.63, 3.8) is 0 Å². The number of methoxy groups -OCH3 is 3. The number of esters is 1. The molecule has 5 heteroatoms. The maximum atomic E-state index is 11.1. The highest BCUT2D eigenvalue weighted by Gasteiger charge is 2.11. The van der Waals surface area contributed by atoms with Gasteiger partial charge in [-0.25, -0.2) is 0 Å². The van der Waals surface area contributed by atoms with Crippen LogP contribution in [0.1, 0.15) is 6.92 Å². The Bertz CT molecular complexity index is 679. The van der Waals surface area contributed by atoms with Gasteiger partial charge in [0.05, 0.1) is 21.3 Å². The SMILES string of the molecule is COc1ccc(-c2ccc(OC(C)=O)c(OC)c2)cc1OC. The first-order valence-corrected chi connectivity index (χ1v) is 6.68. The van der Waals surface area contributed by atoms with Crippen molar-refractivity contribution in [3.8, 4) is 34.1 Å². The van der Waals surface area contributed by atoms with Crippen LogP contribution in [0.5, 0.6) is 23.0 Å². The largest absolute Gasteiger partial charge is 0.493 e. The predicted octanol–water partition coefficient (Wildman–Crippen LogP) is 3.30. The normalized spacial score (nSPS) is 10.0. The van der Waals surface area contributed by atoms with E-state index >= 15 is 0 Å². The lowest BCUT2D eigenvalue weighted by molar-refractivity contribution is -0.132. The van der Waals surface area contributed by atoms with E-state index in [1.165, 1.54) is 14.0 Å². The molecule has 0 aliphatic carbocycles. The summed E-state index contributed by atoms with van der Waals surface area (Å²) in [6.45, 7) is 1.35. The average molecular weight is 302 g/mol. The van der Waals surface area contributed by atoms with E-state index in [-0.39, 0.29) is 0 Å². The maximum Gasteiger partial charge on any atom is 0.308 e. The van der Waals surface area contributed by atoms with Crippen LogP contribution < -0.4 is 18.9 Å². The topological polar surface area (TPSA) is 54.0 Å². The van der Waals surface area contributed by atoms with Gasteiger partial charge in [-0.1, -0.05) is 12.1 Å². The van der Waals surface area contributed by atoms with E-state index in [2.05, 4.69) is 0 Å². The molecule has 0 heterocycles. The zero-order chi connectivity index (χ0) is 16.1. The molecular weight excluding hydrogens is 284 g/mol. The summed E-state index contributed by atoms with van der Waals surface area (Å²) in [5, 5.41) is 0. The quantitative estimate of drug-likeness (QED) is 0.626. The molecule has 2 aromatic carbocycles. The van der Waals surface area contributed by atoms with Gasteiger partial charge in [-0.2, -0.15) is 0 Å². The zero-order valence-electron chi connectivity index (χ0n) is 13.0. The molecule has 0 fully saturated rings. The van der Waals surface area contributed by atoms with Crippen LogP contribution >= 0.6 is 0 Å². The Balaban J connectivity index is 2.42. The Morgan fingerprint density at radius 1 is 0.727 bits per heavy atom. The van der Waals surface area contributed by atoms with Crippen LogP contribution in [0.4, 0.5) is 0 Å². The van der Waals surface area contributed by atoms with Crippen LogP contribution in [-0.2, 0) is 4.79 Å². The number of hydrogen-bond acceptors (Lipinski definition) is 5. The number of rotatable bonds is 5. The van der Waals surface area contributed by atoms with Crippen LogP contribution in [0.15, 0.2) is 36.4 Å². The highest BCUT2D eigenvalue weighted by atomic mass is 16.6. The van der Waals surface area contributed by atoms with Crippen molar-refractivity contribution in [2.75, 3.05) is 21.3 Å². The van der Waals surface area contributed by atoms with Crippen molar-refractivity contribution in [1.82, 2.24) is 0 Å². The molecule has 2 aromatic rings. The first kappa shape index (κ1) is 15.7. The van der Waals surface area contributed by atoms with Gasteiger partial charge < -0.3 is 18.9 Å². The van der Waals surface area contributed by atoms with Crippen LogP contribution in [0.25, 0.3) is 11.1 Å². The first-order valence-electron chi connectivity index (χ1n) is 6.68. The maximum absolute atomic E-state index is 11.1. The summed E-state index contributed by atoms with van der Waals surface area (Å²) >= 11 is 0. The molecule has 0 saturated heterocycles. The summed E-state index contributed by atoms with van der Waals surface area (Å²) in [5.41, 5.74) is 1.85. The molecule has 0 aliphatic heterocycles. The fourth-order valence-electron chi connectivity index (χ4n) is 2.10. The first-order chi connectivity index (χ1) is 10.6. The summed E-state index contributed by atoms with van der Waals surface area (Å²) in [7, 11) is 4.71. The second-order valence-corrected chi connectivity index (χ2v) is 4.53. The van der Waals surface area contributed by atoms with E-state index in [4.69, 9.17) is 18.9 Å². The third-order valence-electron chi connectivity index (χ3n) is 3.13. The Kier molecular flexibility index (Phi) is 4.88. The van der Waals surface area contributed by atoms with E-state index in [0.29, 0.717) is 23.0 Å². The molecule has 116 valence electrons. The lowest BCUT2D eigenvalue weighted by atomic mass is 10.0. The van der Waals surface area contributed by atoms with Crippen LogP contribution in [0, 0.1) is 0 Å². The fraction of sp³-hybridized carbons (Fsp3) is 0.235. The lowest BCUT2D eigenvalue weighted by Crippen LogP contribution is -2.03. The van der Waals surface area contributed by atoms with Crippen molar-refractivity contribution in [1.29, 1.82) is 0 Å². The molecule has 2 rings (SSSR count). The Morgan fingerprint density at radius 3 is 1.64 bits per heavy atom. The third kappa shape index (κ3) is 3.31. The number of benzene rings is 2. The Hall–Kier alpha value is -2.69. The molecule has 0 saturated carbocycles. The molecule has 0 atom stereocenters. The number of carbonyl (C=O) groups is 1. The van der Waals surface area contributed by atoms with Gasteiger partial charge in [0, 0.05) is 6.92 Å². The molecule has 0 bridgehead atoms. The third-order valence-corrected chi connectivity index (χ3v) is 3.13. The number of hydrogen-bond donors (Lipinski definition) is 0. The molecule has 0 N–H and O–H groups in total.